The van der Waals surface area contributed by atoms with Crippen LogP contribution in [-0.2, 0) is 16.2 Å². The summed E-state index contributed by atoms with van der Waals surface area (Å²) in [5.74, 6) is 0.624. The van der Waals surface area contributed by atoms with Crippen molar-refractivity contribution in [3.05, 3.63) is 64.2 Å². The van der Waals surface area contributed by atoms with Crippen molar-refractivity contribution in [1.29, 1.82) is 0 Å². The standard InChI is InChI=1S/C18H13ClF3NO3S/c1-3-11-23(27(25,26)16-10-6-9-15(19)12(16)2)17(24)13-7-4-5-8-14(13)18(20,21)22/h1,4-10H,11H2,2H3. The Bertz CT molecular complexity index is 1030. The first-order valence-electron chi connectivity index (χ1n) is 7.43. The molecule has 0 radical (unpaired) electrons. The Kier molecular flexibility index (Phi) is 5.88. The van der Waals surface area contributed by atoms with Crippen LogP contribution in [0.4, 0.5) is 13.2 Å². The van der Waals surface area contributed by atoms with Crippen LogP contribution < -0.4 is 0 Å². The van der Waals surface area contributed by atoms with Crippen molar-refractivity contribution in [3.8, 4) is 12.3 Å². The largest absolute Gasteiger partial charge is 0.417 e. The number of alkyl halides is 3. The van der Waals surface area contributed by atoms with Gasteiger partial charge in [-0.2, -0.15) is 13.2 Å². The Morgan fingerprint density at radius 3 is 2.41 bits per heavy atom. The molecule has 9 heteroatoms. The van der Waals surface area contributed by atoms with E-state index >= 15 is 0 Å². The summed E-state index contributed by atoms with van der Waals surface area (Å²) in [5, 5.41) is 0.125. The first-order chi connectivity index (χ1) is 12.5. The van der Waals surface area contributed by atoms with Crippen molar-refractivity contribution in [2.24, 2.45) is 0 Å². The van der Waals surface area contributed by atoms with Gasteiger partial charge in [-0.1, -0.05) is 35.7 Å². The van der Waals surface area contributed by atoms with Crippen LogP contribution in [0.25, 0.3) is 0 Å². The lowest BCUT2D eigenvalue weighted by Gasteiger charge is -2.23. The Morgan fingerprint density at radius 2 is 1.81 bits per heavy atom. The highest BCUT2D eigenvalue weighted by Crippen LogP contribution is 2.33. The van der Waals surface area contributed by atoms with Gasteiger partial charge in [0, 0.05) is 5.02 Å². The average molecular weight is 416 g/mol. The minimum atomic E-state index is -4.84. The number of benzene rings is 2. The second-order valence-corrected chi connectivity index (χ2v) is 7.67. The van der Waals surface area contributed by atoms with Crippen molar-refractivity contribution >= 4 is 27.5 Å². The van der Waals surface area contributed by atoms with Crippen LogP contribution in [0.5, 0.6) is 0 Å². The summed E-state index contributed by atoms with van der Waals surface area (Å²) in [6.45, 7) is 0.677. The second kappa shape index (κ2) is 7.62. The lowest BCUT2D eigenvalue weighted by atomic mass is 10.1. The Morgan fingerprint density at radius 1 is 1.19 bits per heavy atom. The Labute approximate surface area is 159 Å². The minimum Gasteiger partial charge on any atom is -0.268 e. The van der Waals surface area contributed by atoms with Crippen molar-refractivity contribution in [2.75, 3.05) is 6.54 Å². The maximum absolute atomic E-state index is 13.2. The van der Waals surface area contributed by atoms with Crippen molar-refractivity contribution in [3.63, 3.8) is 0 Å². The lowest BCUT2D eigenvalue weighted by molar-refractivity contribution is -0.138. The van der Waals surface area contributed by atoms with Crippen LogP contribution in [0.2, 0.25) is 5.02 Å². The third-order valence-corrected chi connectivity index (χ3v) is 5.99. The highest BCUT2D eigenvalue weighted by atomic mass is 35.5. The molecular formula is C18H13ClF3NO3S. The van der Waals surface area contributed by atoms with Crippen LogP contribution in [0.3, 0.4) is 0 Å². The summed E-state index contributed by atoms with van der Waals surface area (Å²) in [6.07, 6.45) is 0.312. The number of halogens is 4. The summed E-state index contributed by atoms with van der Waals surface area (Å²) in [6, 6.07) is 7.89. The van der Waals surface area contributed by atoms with E-state index < -0.39 is 39.8 Å². The molecule has 0 unspecified atom stereocenters. The van der Waals surface area contributed by atoms with E-state index in [2.05, 4.69) is 0 Å². The van der Waals surface area contributed by atoms with Crippen LogP contribution in [0, 0.1) is 19.3 Å². The van der Waals surface area contributed by atoms with Gasteiger partial charge in [0.05, 0.1) is 22.6 Å². The van der Waals surface area contributed by atoms with Gasteiger partial charge in [-0.05, 0) is 36.8 Å². The fourth-order valence-electron chi connectivity index (χ4n) is 2.39. The highest BCUT2D eigenvalue weighted by molar-refractivity contribution is 7.89. The zero-order valence-electron chi connectivity index (χ0n) is 13.9. The van der Waals surface area contributed by atoms with Crippen LogP contribution in [0.15, 0.2) is 47.4 Å². The van der Waals surface area contributed by atoms with Gasteiger partial charge < -0.3 is 0 Å². The molecule has 27 heavy (non-hydrogen) atoms. The van der Waals surface area contributed by atoms with E-state index in [9.17, 15) is 26.4 Å². The quantitative estimate of drug-likeness (QED) is 0.705. The molecule has 0 aliphatic heterocycles. The number of sulfonamides is 1. The third-order valence-electron chi connectivity index (χ3n) is 3.71. The molecule has 4 nitrogen and oxygen atoms in total. The monoisotopic (exact) mass is 415 g/mol. The maximum atomic E-state index is 13.2. The van der Waals surface area contributed by atoms with E-state index in [4.69, 9.17) is 18.0 Å². The molecule has 142 valence electrons. The molecule has 0 bridgehead atoms. The van der Waals surface area contributed by atoms with E-state index in [1.807, 2.05) is 5.92 Å². The third kappa shape index (κ3) is 4.10. The zero-order chi connectivity index (χ0) is 20.4. The molecule has 0 aliphatic carbocycles. The fourth-order valence-corrected chi connectivity index (χ4v) is 4.16. The van der Waals surface area contributed by atoms with Gasteiger partial charge in [0.15, 0.2) is 0 Å². The second-order valence-electron chi connectivity index (χ2n) is 5.43. The minimum absolute atomic E-state index is 0.125. The molecule has 0 N–H and O–H groups in total. The van der Waals surface area contributed by atoms with Crippen molar-refractivity contribution < 1.29 is 26.4 Å². The van der Waals surface area contributed by atoms with Crippen LogP contribution >= 0.6 is 11.6 Å². The SMILES string of the molecule is C#CCN(C(=O)c1ccccc1C(F)(F)F)S(=O)(=O)c1cccc(Cl)c1C. The first kappa shape index (κ1) is 20.8. The molecule has 1 amide bonds. The fraction of sp³-hybridized carbons (Fsp3) is 0.167. The lowest BCUT2D eigenvalue weighted by Crippen LogP contribution is -2.38. The van der Waals surface area contributed by atoms with E-state index in [0.29, 0.717) is 6.07 Å². The zero-order valence-corrected chi connectivity index (χ0v) is 15.5. The Balaban J connectivity index is 2.64. The number of nitrogens with zero attached hydrogens (tertiary/aromatic N) is 1. The summed E-state index contributed by atoms with van der Waals surface area (Å²) in [7, 11) is -4.54. The van der Waals surface area contributed by atoms with Crippen molar-refractivity contribution in [2.45, 2.75) is 18.0 Å². The maximum Gasteiger partial charge on any atom is 0.417 e. The van der Waals surface area contributed by atoms with Gasteiger partial charge in [-0.3, -0.25) is 4.79 Å². The van der Waals surface area contributed by atoms with Gasteiger partial charge >= 0.3 is 6.18 Å². The molecular weight excluding hydrogens is 403 g/mol. The molecule has 2 aromatic carbocycles. The number of terminal acetylenes is 1. The van der Waals surface area contributed by atoms with Gasteiger partial charge in [0.1, 0.15) is 0 Å². The summed E-state index contributed by atoms with van der Waals surface area (Å²) >= 11 is 5.93. The predicted molar refractivity (Wildman–Crippen MR) is 94.7 cm³/mol. The smallest absolute Gasteiger partial charge is 0.268 e. The summed E-state index contributed by atoms with van der Waals surface area (Å²) in [5.41, 5.74) is -1.92. The summed E-state index contributed by atoms with van der Waals surface area (Å²) in [4.78, 5) is 12.4. The number of carbonyl (C=O) groups excluding carboxylic acids is 1. The molecule has 0 saturated heterocycles. The Hall–Kier alpha value is -2.50. The van der Waals surface area contributed by atoms with Crippen molar-refractivity contribution in [1.82, 2.24) is 4.31 Å². The van der Waals surface area contributed by atoms with Gasteiger partial charge in [0.2, 0.25) is 0 Å². The number of rotatable bonds is 4. The molecule has 0 fully saturated rings. The van der Waals surface area contributed by atoms with Crippen LogP contribution in [0.1, 0.15) is 21.5 Å². The van der Waals surface area contributed by atoms with Gasteiger partial charge in [0.25, 0.3) is 15.9 Å². The van der Waals surface area contributed by atoms with E-state index in [0.717, 1.165) is 12.1 Å². The van der Waals surface area contributed by atoms with Crippen LogP contribution in [-0.4, -0.2) is 25.2 Å². The molecule has 0 atom stereocenters. The average Bonchev–Trinajstić information content (AvgIpc) is 2.60. The normalized spacial score (nSPS) is 11.7. The topological polar surface area (TPSA) is 54.5 Å². The molecule has 0 heterocycles. The van der Waals surface area contributed by atoms with E-state index in [1.54, 1.807) is 0 Å². The molecule has 0 saturated carbocycles. The number of hydrogen-bond acceptors (Lipinski definition) is 3. The molecule has 0 aliphatic rings. The highest BCUT2D eigenvalue weighted by Gasteiger charge is 2.38. The first-order valence-corrected chi connectivity index (χ1v) is 9.25. The molecule has 2 rings (SSSR count). The number of amides is 1. The van der Waals surface area contributed by atoms with Gasteiger partial charge in [-0.25, -0.2) is 12.7 Å². The predicted octanol–water partition coefficient (Wildman–Crippen LogP) is 4.13. The van der Waals surface area contributed by atoms with E-state index in [-0.39, 0.29) is 19.8 Å². The van der Waals surface area contributed by atoms with E-state index in [1.165, 1.54) is 31.2 Å². The van der Waals surface area contributed by atoms with Gasteiger partial charge in [-0.15, -0.1) is 6.42 Å². The summed E-state index contributed by atoms with van der Waals surface area (Å²) < 4.78 is 65.8. The number of hydrogen-bond donors (Lipinski definition) is 0. The number of carbonyl (C=O) groups is 1. The molecule has 2 aromatic rings. The molecule has 0 aromatic heterocycles. The molecule has 0 spiro atoms.